The van der Waals surface area contributed by atoms with Gasteiger partial charge in [-0.05, 0) is 0 Å². The maximum Gasteiger partial charge on any atom is 0.0652 e. The average molecular weight is 140 g/mol. The number of rotatable bonds is 0. The van der Waals surface area contributed by atoms with E-state index in [9.17, 15) is 0 Å². The smallest absolute Gasteiger partial charge is 0.0652 e. The molecule has 0 aliphatic carbocycles. The van der Waals surface area contributed by atoms with Crippen LogP contribution in [0.4, 0.5) is 0 Å². The SMILES string of the molecule is C1=CCOCC=CCOC1. The number of hydrogen-bond acceptors (Lipinski definition) is 2. The van der Waals surface area contributed by atoms with E-state index in [4.69, 9.17) is 9.47 Å². The van der Waals surface area contributed by atoms with Crippen molar-refractivity contribution in [2.75, 3.05) is 26.4 Å². The van der Waals surface area contributed by atoms with E-state index in [1.807, 2.05) is 24.3 Å². The van der Waals surface area contributed by atoms with Gasteiger partial charge in [-0.25, -0.2) is 0 Å². The average Bonchev–Trinajstić information content (AvgIpc) is 2.01. The largest absolute Gasteiger partial charge is 0.373 e. The zero-order valence-electron chi connectivity index (χ0n) is 5.95. The van der Waals surface area contributed by atoms with E-state index >= 15 is 0 Å². The fourth-order valence-corrected chi connectivity index (χ4v) is 0.680. The van der Waals surface area contributed by atoms with Crippen molar-refractivity contribution >= 4 is 0 Å². The molecule has 0 aromatic rings. The quantitative estimate of drug-likeness (QED) is 0.470. The van der Waals surface area contributed by atoms with Gasteiger partial charge in [-0.1, -0.05) is 24.3 Å². The van der Waals surface area contributed by atoms with Crippen LogP contribution in [-0.4, -0.2) is 26.4 Å². The highest BCUT2D eigenvalue weighted by Gasteiger charge is 1.83. The van der Waals surface area contributed by atoms with E-state index < -0.39 is 0 Å². The zero-order chi connectivity index (χ0) is 7.07. The van der Waals surface area contributed by atoms with Crippen molar-refractivity contribution in [2.24, 2.45) is 0 Å². The van der Waals surface area contributed by atoms with Crippen molar-refractivity contribution in [3.05, 3.63) is 24.3 Å². The molecule has 2 nitrogen and oxygen atoms in total. The summed E-state index contributed by atoms with van der Waals surface area (Å²) in [6.07, 6.45) is 7.89. The molecule has 0 spiro atoms. The summed E-state index contributed by atoms with van der Waals surface area (Å²) >= 11 is 0. The lowest BCUT2D eigenvalue weighted by atomic mass is 10.5. The summed E-state index contributed by atoms with van der Waals surface area (Å²) < 4.78 is 10.4. The molecule has 0 saturated heterocycles. The first-order valence-electron chi connectivity index (χ1n) is 3.45. The van der Waals surface area contributed by atoms with Crippen LogP contribution >= 0.6 is 0 Å². The van der Waals surface area contributed by atoms with E-state index in [0.717, 1.165) is 0 Å². The Morgan fingerprint density at radius 1 is 0.600 bits per heavy atom. The molecule has 1 aliphatic rings. The molecule has 1 heterocycles. The van der Waals surface area contributed by atoms with Crippen molar-refractivity contribution in [1.29, 1.82) is 0 Å². The monoisotopic (exact) mass is 140 g/mol. The van der Waals surface area contributed by atoms with Crippen LogP contribution in [0.2, 0.25) is 0 Å². The van der Waals surface area contributed by atoms with Crippen LogP contribution in [0, 0.1) is 0 Å². The Bertz CT molecular complexity index is 99.2. The van der Waals surface area contributed by atoms with Crippen molar-refractivity contribution in [1.82, 2.24) is 0 Å². The van der Waals surface area contributed by atoms with E-state index in [1.165, 1.54) is 0 Å². The second kappa shape index (κ2) is 5.21. The van der Waals surface area contributed by atoms with Gasteiger partial charge in [-0.15, -0.1) is 0 Å². The first-order chi connectivity index (χ1) is 5.00. The lowest BCUT2D eigenvalue weighted by Gasteiger charge is -1.99. The Morgan fingerprint density at radius 2 is 0.900 bits per heavy atom. The summed E-state index contributed by atoms with van der Waals surface area (Å²) in [5.41, 5.74) is 0. The normalized spacial score (nSPS) is 20.8. The van der Waals surface area contributed by atoms with Gasteiger partial charge in [0.2, 0.25) is 0 Å². The molecule has 0 radical (unpaired) electrons. The highest BCUT2D eigenvalue weighted by Crippen LogP contribution is 1.86. The summed E-state index contributed by atoms with van der Waals surface area (Å²) in [6.45, 7) is 2.75. The molecular formula is C8H12O2. The third kappa shape index (κ3) is 3.43. The minimum absolute atomic E-state index is 0.688. The topological polar surface area (TPSA) is 18.5 Å². The molecule has 2 heteroatoms. The summed E-state index contributed by atoms with van der Waals surface area (Å²) in [6, 6.07) is 0. The van der Waals surface area contributed by atoms with Gasteiger partial charge < -0.3 is 9.47 Å². The third-order valence-corrected chi connectivity index (χ3v) is 1.19. The van der Waals surface area contributed by atoms with Crippen molar-refractivity contribution in [3.63, 3.8) is 0 Å². The van der Waals surface area contributed by atoms with Gasteiger partial charge in [0, 0.05) is 0 Å². The van der Waals surface area contributed by atoms with E-state index in [0.29, 0.717) is 26.4 Å². The summed E-state index contributed by atoms with van der Waals surface area (Å²) in [5.74, 6) is 0. The van der Waals surface area contributed by atoms with Gasteiger partial charge in [0.25, 0.3) is 0 Å². The molecule has 10 heavy (non-hydrogen) atoms. The molecule has 0 unspecified atom stereocenters. The minimum atomic E-state index is 0.688. The van der Waals surface area contributed by atoms with E-state index in [1.54, 1.807) is 0 Å². The van der Waals surface area contributed by atoms with Crippen LogP contribution in [0.1, 0.15) is 0 Å². The maximum absolute atomic E-state index is 5.18. The fourth-order valence-electron chi connectivity index (χ4n) is 0.680. The molecule has 1 rings (SSSR count). The molecule has 0 fully saturated rings. The highest BCUT2D eigenvalue weighted by atomic mass is 16.5. The van der Waals surface area contributed by atoms with E-state index in [-0.39, 0.29) is 0 Å². The number of ether oxygens (including phenoxy) is 2. The van der Waals surface area contributed by atoms with Gasteiger partial charge in [0.1, 0.15) is 0 Å². The van der Waals surface area contributed by atoms with Crippen LogP contribution in [0.3, 0.4) is 0 Å². The van der Waals surface area contributed by atoms with Crippen molar-refractivity contribution in [2.45, 2.75) is 0 Å². The Kier molecular flexibility index (Phi) is 3.91. The molecule has 0 atom stereocenters. The lowest BCUT2D eigenvalue weighted by Crippen LogP contribution is -1.96. The summed E-state index contributed by atoms with van der Waals surface area (Å²) in [4.78, 5) is 0. The molecule has 0 bridgehead atoms. The first-order valence-corrected chi connectivity index (χ1v) is 3.45. The van der Waals surface area contributed by atoms with Crippen LogP contribution in [-0.2, 0) is 9.47 Å². The fraction of sp³-hybridized carbons (Fsp3) is 0.500. The second-order valence-electron chi connectivity index (χ2n) is 2.02. The third-order valence-electron chi connectivity index (χ3n) is 1.19. The van der Waals surface area contributed by atoms with Gasteiger partial charge in [-0.2, -0.15) is 0 Å². The molecule has 0 amide bonds. The molecule has 0 saturated carbocycles. The molecule has 56 valence electrons. The summed E-state index contributed by atoms with van der Waals surface area (Å²) in [5, 5.41) is 0. The van der Waals surface area contributed by atoms with Gasteiger partial charge in [0.15, 0.2) is 0 Å². The highest BCUT2D eigenvalue weighted by molar-refractivity contribution is 4.86. The van der Waals surface area contributed by atoms with Gasteiger partial charge >= 0.3 is 0 Å². The van der Waals surface area contributed by atoms with Crippen LogP contribution < -0.4 is 0 Å². The maximum atomic E-state index is 5.18. The van der Waals surface area contributed by atoms with Crippen molar-refractivity contribution in [3.8, 4) is 0 Å². The molecular weight excluding hydrogens is 128 g/mol. The molecule has 1 aliphatic heterocycles. The summed E-state index contributed by atoms with van der Waals surface area (Å²) in [7, 11) is 0. The number of hydrogen-bond donors (Lipinski definition) is 0. The molecule has 0 aromatic carbocycles. The van der Waals surface area contributed by atoms with Gasteiger partial charge in [0.05, 0.1) is 26.4 Å². The first kappa shape index (κ1) is 7.51. The molecule has 0 N–H and O–H groups in total. The van der Waals surface area contributed by atoms with Gasteiger partial charge in [-0.3, -0.25) is 0 Å². The van der Waals surface area contributed by atoms with E-state index in [2.05, 4.69) is 0 Å². The minimum Gasteiger partial charge on any atom is -0.373 e. The Balaban J connectivity index is 2.22. The Morgan fingerprint density at radius 3 is 1.20 bits per heavy atom. The zero-order valence-corrected chi connectivity index (χ0v) is 5.95. The van der Waals surface area contributed by atoms with Crippen LogP contribution in [0.5, 0.6) is 0 Å². The predicted octanol–water partition coefficient (Wildman–Crippen LogP) is 1.15. The molecule has 0 aromatic heterocycles. The predicted molar refractivity (Wildman–Crippen MR) is 39.9 cm³/mol. The Hall–Kier alpha value is -0.600. The Labute approximate surface area is 61.1 Å². The standard InChI is InChI=1S/C8H12O2/c1-2-6-10-8-4-3-7-9-5-1/h1-4H,5-8H2. The van der Waals surface area contributed by atoms with Crippen LogP contribution in [0.25, 0.3) is 0 Å². The van der Waals surface area contributed by atoms with Crippen molar-refractivity contribution < 1.29 is 9.47 Å². The second-order valence-corrected chi connectivity index (χ2v) is 2.02. The van der Waals surface area contributed by atoms with Crippen LogP contribution in [0.15, 0.2) is 24.3 Å². The lowest BCUT2D eigenvalue weighted by molar-refractivity contribution is 0.176.